The Balaban J connectivity index is 1.78. The Morgan fingerprint density at radius 1 is 1.25 bits per heavy atom. The van der Waals surface area contributed by atoms with Crippen LogP contribution in [0.25, 0.3) is 0 Å². The summed E-state index contributed by atoms with van der Waals surface area (Å²) in [4.78, 5) is 27.0. The maximum Gasteiger partial charge on any atom is 0.409 e. The minimum absolute atomic E-state index is 0.109. The number of fused-ring (bicyclic) bond motifs is 1. The molecule has 2 aliphatic rings. The molecule has 1 N–H and O–H groups in total. The number of nitrogens with one attached hydrogen (secondary N) is 1. The van der Waals surface area contributed by atoms with Crippen LogP contribution in [0.2, 0.25) is 0 Å². The first kappa shape index (κ1) is 21.1. The first-order valence-corrected chi connectivity index (χ1v) is 11.5. The van der Waals surface area contributed by atoms with Gasteiger partial charge in [-0.15, -0.1) is 0 Å². The fourth-order valence-electron chi connectivity index (χ4n) is 3.67. The lowest BCUT2D eigenvalue weighted by atomic mass is 10.1. The van der Waals surface area contributed by atoms with E-state index in [-0.39, 0.29) is 22.9 Å². The Morgan fingerprint density at radius 2 is 1.93 bits per heavy atom. The maximum atomic E-state index is 13.1. The summed E-state index contributed by atoms with van der Waals surface area (Å²) < 4.78 is 34.7. The second kappa shape index (κ2) is 8.38. The third-order valence-corrected chi connectivity index (χ3v) is 7.00. The summed E-state index contributed by atoms with van der Waals surface area (Å²) in [5.74, 6) is -0.180. The summed E-state index contributed by atoms with van der Waals surface area (Å²) in [7, 11) is -3.83. The molecule has 0 saturated carbocycles. The van der Waals surface area contributed by atoms with E-state index in [4.69, 9.17) is 4.74 Å². The smallest absolute Gasteiger partial charge is 0.409 e. The van der Waals surface area contributed by atoms with E-state index in [0.29, 0.717) is 55.7 Å². The zero-order valence-electron chi connectivity index (χ0n) is 15.9. The molecule has 8 nitrogen and oxygen atoms in total. The number of benzene rings is 1. The van der Waals surface area contributed by atoms with Crippen molar-refractivity contribution in [3.05, 3.63) is 22.2 Å². The van der Waals surface area contributed by atoms with Crippen LogP contribution in [-0.2, 0) is 26.0 Å². The van der Waals surface area contributed by atoms with Gasteiger partial charge in [-0.2, -0.15) is 0 Å². The van der Waals surface area contributed by atoms with E-state index in [9.17, 15) is 18.0 Å². The Morgan fingerprint density at radius 3 is 2.54 bits per heavy atom. The number of sulfonamides is 1. The molecule has 0 radical (unpaired) electrons. The van der Waals surface area contributed by atoms with Gasteiger partial charge in [-0.25, -0.2) is 17.9 Å². The van der Waals surface area contributed by atoms with E-state index >= 15 is 0 Å². The van der Waals surface area contributed by atoms with Crippen molar-refractivity contribution in [1.82, 2.24) is 9.62 Å². The number of carbonyl (C=O) groups is 2. The molecule has 0 unspecified atom stereocenters. The van der Waals surface area contributed by atoms with Crippen molar-refractivity contribution < 1.29 is 22.7 Å². The van der Waals surface area contributed by atoms with Gasteiger partial charge in [0.1, 0.15) is 4.90 Å². The number of likely N-dealkylation sites (tertiary alicyclic amines) is 1. The Labute approximate surface area is 173 Å². The molecule has 28 heavy (non-hydrogen) atoms. The highest BCUT2D eigenvalue weighted by molar-refractivity contribution is 9.10. The summed E-state index contributed by atoms with van der Waals surface area (Å²) >= 11 is 3.38. The quantitative estimate of drug-likeness (QED) is 0.723. The fourth-order valence-corrected chi connectivity index (χ4v) is 5.90. The van der Waals surface area contributed by atoms with Crippen molar-refractivity contribution in [2.75, 3.05) is 31.1 Å². The van der Waals surface area contributed by atoms with Gasteiger partial charge in [0, 0.05) is 37.1 Å². The molecule has 154 valence electrons. The molecule has 1 aromatic rings. The Bertz CT molecular complexity index is 881. The van der Waals surface area contributed by atoms with Crippen molar-refractivity contribution in [1.29, 1.82) is 0 Å². The molecule has 10 heteroatoms. The first-order valence-electron chi connectivity index (χ1n) is 9.27. The summed E-state index contributed by atoms with van der Waals surface area (Å²) in [5.41, 5.74) is 1.30. The van der Waals surface area contributed by atoms with Gasteiger partial charge in [-0.05, 0) is 43.9 Å². The summed E-state index contributed by atoms with van der Waals surface area (Å²) in [6, 6.07) is 3.11. The van der Waals surface area contributed by atoms with E-state index in [1.165, 1.54) is 17.9 Å². The molecular formula is C18H24BrN3O5S. The predicted molar refractivity (Wildman–Crippen MR) is 108 cm³/mol. The lowest BCUT2D eigenvalue weighted by molar-refractivity contribution is -0.116. The van der Waals surface area contributed by atoms with Crippen LogP contribution in [-0.4, -0.2) is 57.6 Å². The molecule has 0 aromatic heterocycles. The van der Waals surface area contributed by atoms with Crippen LogP contribution in [0.5, 0.6) is 0 Å². The molecule has 1 saturated heterocycles. The first-order chi connectivity index (χ1) is 13.2. The van der Waals surface area contributed by atoms with Gasteiger partial charge in [-0.1, -0.05) is 15.9 Å². The topological polar surface area (TPSA) is 96.0 Å². The van der Waals surface area contributed by atoms with Gasteiger partial charge in [0.25, 0.3) is 0 Å². The SMILES string of the molecule is CCOC(=O)N1CCC(NS(=O)(=O)c2cc(Br)cc3c2N(C(C)=O)CC3)CC1. The van der Waals surface area contributed by atoms with Crippen LogP contribution in [0.15, 0.2) is 21.5 Å². The minimum Gasteiger partial charge on any atom is -0.450 e. The number of carbonyl (C=O) groups excluding carboxylic acids is 2. The lowest BCUT2D eigenvalue weighted by Crippen LogP contribution is -2.46. The van der Waals surface area contributed by atoms with Crippen LogP contribution in [0, 0.1) is 0 Å². The van der Waals surface area contributed by atoms with Gasteiger partial charge in [-0.3, -0.25) is 4.79 Å². The number of amides is 2. The van der Waals surface area contributed by atoms with Gasteiger partial charge in [0.05, 0.1) is 12.3 Å². The summed E-state index contributed by atoms with van der Waals surface area (Å²) in [5, 5.41) is 0. The van der Waals surface area contributed by atoms with Gasteiger partial charge in [0.2, 0.25) is 15.9 Å². The monoisotopic (exact) mass is 473 g/mol. The van der Waals surface area contributed by atoms with Crippen molar-refractivity contribution in [3.8, 4) is 0 Å². The van der Waals surface area contributed by atoms with E-state index in [1.807, 2.05) is 6.07 Å². The second-order valence-corrected chi connectivity index (χ2v) is 9.51. The van der Waals surface area contributed by atoms with Crippen molar-refractivity contribution in [3.63, 3.8) is 0 Å². The zero-order valence-corrected chi connectivity index (χ0v) is 18.3. The average molecular weight is 474 g/mol. The number of hydrogen-bond acceptors (Lipinski definition) is 5. The van der Waals surface area contributed by atoms with Gasteiger partial charge < -0.3 is 14.5 Å². The molecule has 0 bridgehead atoms. The van der Waals surface area contributed by atoms with Crippen molar-refractivity contribution in [2.24, 2.45) is 0 Å². The van der Waals surface area contributed by atoms with Crippen LogP contribution in [0.1, 0.15) is 32.3 Å². The largest absolute Gasteiger partial charge is 0.450 e. The van der Waals surface area contributed by atoms with Crippen LogP contribution in [0.4, 0.5) is 10.5 Å². The highest BCUT2D eigenvalue weighted by atomic mass is 79.9. The predicted octanol–water partition coefficient (Wildman–Crippen LogP) is 2.26. The van der Waals surface area contributed by atoms with Gasteiger partial charge >= 0.3 is 6.09 Å². The third kappa shape index (κ3) is 4.33. The summed E-state index contributed by atoms with van der Waals surface area (Å²) in [6.45, 7) is 4.84. The molecular weight excluding hydrogens is 450 g/mol. The molecule has 1 aromatic carbocycles. The minimum atomic E-state index is -3.83. The van der Waals surface area contributed by atoms with Crippen LogP contribution in [0.3, 0.4) is 0 Å². The maximum absolute atomic E-state index is 13.1. The van der Waals surface area contributed by atoms with Crippen LogP contribution < -0.4 is 9.62 Å². The fraction of sp³-hybridized carbons (Fsp3) is 0.556. The normalized spacial score (nSPS) is 17.5. The molecule has 0 spiro atoms. The van der Waals surface area contributed by atoms with Crippen LogP contribution >= 0.6 is 15.9 Å². The number of piperidine rings is 1. The molecule has 2 amide bonds. The Kier molecular flexibility index (Phi) is 6.31. The average Bonchev–Trinajstić information content (AvgIpc) is 3.05. The molecule has 0 atom stereocenters. The number of rotatable bonds is 4. The van der Waals surface area contributed by atoms with E-state index in [2.05, 4.69) is 20.7 Å². The summed E-state index contributed by atoms with van der Waals surface area (Å²) in [6.07, 6.45) is 1.26. The van der Waals surface area contributed by atoms with E-state index in [1.54, 1.807) is 11.8 Å². The number of hydrogen-bond donors (Lipinski definition) is 1. The number of nitrogens with zero attached hydrogens (tertiary/aromatic N) is 2. The highest BCUT2D eigenvalue weighted by Crippen LogP contribution is 2.37. The Hall–Kier alpha value is -1.65. The zero-order chi connectivity index (χ0) is 20.5. The van der Waals surface area contributed by atoms with Crippen molar-refractivity contribution in [2.45, 2.75) is 44.0 Å². The lowest BCUT2D eigenvalue weighted by Gasteiger charge is -2.31. The van der Waals surface area contributed by atoms with Crippen molar-refractivity contribution >= 4 is 43.6 Å². The standard InChI is InChI=1S/C18H24BrN3O5S/c1-3-27-18(24)21-7-5-15(6-8-21)20-28(25,26)16-11-14(19)10-13-4-9-22(12(2)23)17(13)16/h10-11,15,20H,3-9H2,1-2H3. The van der Waals surface area contributed by atoms with E-state index in [0.717, 1.165) is 5.56 Å². The van der Waals surface area contributed by atoms with E-state index < -0.39 is 10.0 Å². The number of anilines is 1. The molecule has 0 aliphatic carbocycles. The third-order valence-electron chi connectivity index (χ3n) is 5.01. The second-order valence-electron chi connectivity index (χ2n) is 6.91. The molecule has 2 aliphatic heterocycles. The number of ether oxygens (including phenoxy) is 1. The van der Waals surface area contributed by atoms with Gasteiger partial charge in [0.15, 0.2) is 0 Å². The number of halogens is 1. The molecule has 1 fully saturated rings. The molecule has 3 rings (SSSR count). The highest BCUT2D eigenvalue weighted by Gasteiger charge is 2.33. The molecule has 2 heterocycles.